The summed E-state index contributed by atoms with van der Waals surface area (Å²) >= 11 is 1.74. The molecule has 2 N–H and O–H groups in total. The van der Waals surface area contributed by atoms with E-state index in [-0.39, 0.29) is 24.0 Å². The van der Waals surface area contributed by atoms with Crippen molar-refractivity contribution in [2.24, 2.45) is 4.99 Å². The maximum Gasteiger partial charge on any atom is 0.416 e. The van der Waals surface area contributed by atoms with Crippen molar-refractivity contribution < 1.29 is 17.9 Å². The molecule has 0 amide bonds. The van der Waals surface area contributed by atoms with Gasteiger partial charge in [0.1, 0.15) is 0 Å². The third-order valence-electron chi connectivity index (χ3n) is 4.73. The molecule has 4 nitrogen and oxygen atoms in total. The summed E-state index contributed by atoms with van der Waals surface area (Å²) in [6.07, 6.45) is -1.000. The third kappa shape index (κ3) is 7.29. The number of aliphatic imine (C=N–C) groups is 1. The highest BCUT2D eigenvalue weighted by Crippen LogP contribution is 2.38. The average Bonchev–Trinajstić information content (AvgIpc) is 2.66. The van der Waals surface area contributed by atoms with Gasteiger partial charge in [0, 0.05) is 37.5 Å². The summed E-state index contributed by atoms with van der Waals surface area (Å²) in [6.45, 7) is 4.98. The fourth-order valence-electron chi connectivity index (χ4n) is 3.17. The minimum atomic E-state index is -4.35. The topological polar surface area (TPSA) is 45.7 Å². The van der Waals surface area contributed by atoms with E-state index in [1.165, 1.54) is 12.1 Å². The SMILES string of the molecule is CCNC(=NCC1(c2cccc(C(F)(F)F)c2)CCOCC1)NCCSC.I. The van der Waals surface area contributed by atoms with E-state index in [4.69, 9.17) is 9.73 Å². The van der Waals surface area contributed by atoms with E-state index < -0.39 is 17.2 Å². The largest absolute Gasteiger partial charge is 0.416 e. The van der Waals surface area contributed by atoms with Gasteiger partial charge < -0.3 is 15.4 Å². The second-order valence-electron chi connectivity index (χ2n) is 6.59. The van der Waals surface area contributed by atoms with Gasteiger partial charge in [-0.15, -0.1) is 24.0 Å². The molecule has 1 aliphatic heterocycles. The molecule has 160 valence electrons. The molecule has 0 radical (unpaired) electrons. The van der Waals surface area contributed by atoms with Crippen molar-refractivity contribution in [2.75, 3.05) is 44.9 Å². The van der Waals surface area contributed by atoms with Crippen LogP contribution in [0.15, 0.2) is 29.3 Å². The molecule has 2 rings (SSSR count). The Hall–Kier alpha value is -0.680. The molecule has 0 saturated carbocycles. The number of halogens is 4. The lowest BCUT2D eigenvalue weighted by Gasteiger charge is -2.37. The van der Waals surface area contributed by atoms with E-state index in [1.807, 2.05) is 13.2 Å². The molecule has 1 aromatic carbocycles. The highest BCUT2D eigenvalue weighted by atomic mass is 127. The van der Waals surface area contributed by atoms with Crippen molar-refractivity contribution in [2.45, 2.75) is 31.4 Å². The number of ether oxygens (including phenoxy) is 1. The molecule has 0 aromatic heterocycles. The molecular weight excluding hydrogens is 502 g/mol. The summed E-state index contributed by atoms with van der Waals surface area (Å²) in [7, 11) is 0. The summed E-state index contributed by atoms with van der Waals surface area (Å²) < 4.78 is 45.0. The lowest BCUT2D eigenvalue weighted by atomic mass is 9.74. The van der Waals surface area contributed by atoms with E-state index in [0.717, 1.165) is 24.9 Å². The molecular formula is C19H29F3IN3OS. The molecule has 9 heteroatoms. The predicted octanol–water partition coefficient (Wildman–Crippen LogP) is 4.29. The molecule has 0 aliphatic carbocycles. The Balaban J connectivity index is 0.00000392. The van der Waals surface area contributed by atoms with Gasteiger partial charge in [-0.2, -0.15) is 24.9 Å². The van der Waals surface area contributed by atoms with Crippen molar-refractivity contribution >= 4 is 41.7 Å². The fraction of sp³-hybridized carbons (Fsp3) is 0.632. The van der Waals surface area contributed by atoms with Crippen LogP contribution in [0.3, 0.4) is 0 Å². The first kappa shape index (κ1) is 25.4. The van der Waals surface area contributed by atoms with E-state index >= 15 is 0 Å². The number of rotatable bonds is 7. The molecule has 1 saturated heterocycles. The molecule has 0 unspecified atom stereocenters. The fourth-order valence-corrected chi connectivity index (χ4v) is 3.48. The van der Waals surface area contributed by atoms with Crippen LogP contribution < -0.4 is 10.6 Å². The first-order valence-corrected chi connectivity index (χ1v) is 10.6. The van der Waals surface area contributed by atoms with Gasteiger partial charge in [0.25, 0.3) is 0 Å². The van der Waals surface area contributed by atoms with Gasteiger partial charge in [-0.1, -0.05) is 18.2 Å². The minimum Gasteiger partial charge on any atom is -0.381 e. The highest BCUT2D eigenvalue weighted by Gasteiger charge is 2.37. The van der Waals surface area contributed by atoms with Crippen LogP contribution in [0.2, 0.25) is 0 Å². The quantitative estimate of drug-likeness (QED) is 0.239. The second-order valence-corrected chi connectivity index (χ2v) is 7.57. The van der Waals surface area contributed by atoms with Crippen LogP contribution in [-0.4, -0.2) is 50.8 Å². The van der Waals surface area contributed by atoms with Gasteiger partial charge in [-0.05, 0) is 37.7 Å². The van der Waals surface area contributed by atoms with Gasteiger partial charge in [-0.3, -0.25) is 4.99 Å². The normalized spacial score (nSPS) is 17.0. The van der Waals surface area contributed by atoms with Crippen LogP contribution in [0, 0.1) is 0 Å². The van der Waals surface area contributed by atoms with E-state index in [9.17, 15) is 13.2 Å². The first-order valence-electron chi connectivity index (χ1n) is 9.18. The zero-order chi connectivity index (χ0) is 19.8. The van der Waals surface area contributed by atoms with Crippen LogP contribution in [0.1, 0.15) is 30.9 Å². The Bertz CT molecular complexity index is 623. The number of nitrogens with zero attached hydrogens (tertiary/aromatic N) is 1. The number of alkyl halides is 3. The summed E-state index contributed by atoms with van der Waals surface area (Å²) in [4.78, 5) is 4.70. The van der Waals surface area contributed by atoms with Crippen molar-refractivity contribution in [3.05, 3.63) is 35.4 Å². The Morgan fingerprint density at radius 2 is 1.96 bits per heavy atom. The summed E-state index contributed by atoms with van der Waals surface area (Å²) in [6, 6.07) is 5.66. The van der Waals surface area contributed by atoms with Gasteiger partial charge >= 0.3 is 6.18 Å². The molecule has 1 fully saturated rings. The van der Waals surface area contributed by atoms with Crippen LogP contribution in [0.5, 0.6) is 0 Å². The second kappa shape index (κ2) is 12.1. The Kier molecular flexibility index (Phi) is 11.0. The van der Waals surface area contributed by atoms with Crippen LogP contribution in [0.25, 0.3) is 0 Å². The molecule has 0 spiro atoms. The summed E-state index contributed by atoms with van der Waals surface area (Å²) in [5, 5.41) is 6.48. The summed E-state index contributed by atoms with van der Waals surface area (Å²) in [5.74, 6) is 1.65. The monoisotopic (exact) mass is 531 g/mol. The Morgan fingerprint density at radius 1 is 1.25 bits per heavy atom. The zero-order valence-corrected chi connectivity index (χ0v) is 19.4. The number of thioether (sulfide) groups is 1. The van der Waals surface area contributed by atoms with E-state index in [0.29, 0.717) is 44.1 Å². The number of benzene rings is 1. The van der Waals surface area contributed by atoms with E-state index in [2.05, 4.69) is 10.6 Å². The van der Waals surface area contributed by atoms with Gasteiger partial charge in [0.2, 0.25) is 0 Å². The van der Waals surface area contributed by atoms with Gasteiger partial charge in [0.15, 0.2) is 5.96 Å². The maximum atomic E-state index is 13.2. The van der Waals surface area contributed by atoms with E-state index in [1.54, 1.807) is 17.8 Å². The molecule has 1 aromatic rings. The average molecular weight is 531 g/mol. The molecule has 1 aliphatic rings. The Morgan fingerprint density at radius 3 is 2.57 bits per heavy atom. The predicted molar refractivity (Wildman–Crippen MR) is 121 cm³/mol. The number of guanidine groups is 1. The number of hydrogen-bond donors (Lipinski definition) is 2. The lowest BCUT2D eigenvalue weighted by Crippen LogP contribution is -2.42. The molecule has 0 atom stereocenters. The minimum absolute atomic E-state index is 0. The van der Waals surface area contributed by atoms with Crippen molar-refractivity contribution in [1.82, 2.24) is 10.6 Å². The van der Waals surface area contributed by atoms with Crippen LogP contribution >= 0.6 is 35.7 Å². The van der Waals surface area contributed by atoms with Crippen molar-refractivity contribution in [3.63, 3.8) is 0 Å². The zero-order valence-electron chi connectivity index (χ0n) is 16.3. The molecule has 1 heterocycles. The standard InChI is InChI=1S/C19H28F3N3OS.HI/c1-3-23-17(24-9-12-27-2)25-14-18(7-10-26-11-8-18)15-5-4-6-16(13-15)19(20,21)22;/h4-6,13H,3,7-12,14H2,1-2H3,(H2,23,24,25);1H. The summed E-state index contributed by atoms with van der Waals surface area (Å²) in [5.41, 5.74) is -0.370. The lowest BCUT2D eigenvalue weighted by molar-refractivity contribution is -0.137. The van der Waals surface area contributed by atoms with Crippen LogP contribution in [0.4, 0.5) is 13.2 Å². The Labute approximate surface area is 186 Å². The smallest absolute Gasteiger partial charge is 0.381 e. The van der Waals surface area contributed by atoms with Crippen molar-refractivity contribution in [1.29, 1.82) is 0 Å². The third-order valence-corrected chi connectivity index (χ3v) is 5.35. The molecule has 0 bridgehead atoms. The highest BCUT2D eigenvalue weighted by molar-refractivity contribution is 14.0. The number of nitrogens with one attached hydrogen (secondary N) is 2. The maximum absolute atomic E-state index is 13.2. The van der Waals surface area contributed by atoms with Crippen LogP contribution in [-0.2, 0) is 16.3 Å². The molecule has 28 heavy (non-hydrogen) atoms. The first-order chi connectivity index (χ1) is 12.9. The van der Waals surface area contributed by atoms with Gasteiger partial charge in [-0.25, -0.2) is 0 Å². The van der Waals surface area contributed by atoms with Gasteiger partial charge in [0.05, 0.1) is 12.1 Å². The number of hydrogen-bond acceptors (Lipinski definition) is 3. The van der Waals surface area contributed by atoms with Crippen molar-refractivity contribution in [3.8, 4) is 0 Å².